The van der Waals surface area contributed by atoms with Crippen molar-refractivity contribution in [2.45, 2.75) is 45.1 Å². The maximum absolute atomic E-state index is 13.7. The van der Waals surface area contributed by atoms with Gasteiger partial charge in [-0.15, -0.1) is 0 Å². The van der Waals surface area contributed by atoms with E-state index in [-0.39, 0.29) is 11.8 Å². The molecule has 5 rings (SSSR count). The molecule has 2 aromatic carbocycles. The van der Waals surface area contributed by atoms with Gasteiger partial charge in [0.15, 0.2) is 5.75 Å². The van der Waals surface area contributed by atoms with Gasteiger partial charge in [-0.1, -0.05) is 6.07 Å². The Hall–Kier alpha value is -2.89. The highest BCUT2D eigenvalue weighted by Crippen LogP contribution is 2.50. The van der Waals surface area contributed by atoms with Gasteiger partial charge >= 0.3 is 5.97 Å². The number of fused-ring (bicyclic) bond motifs is 5. The summed E-state index contributed by atoms with van der Waals surface area (Å²) in [4.78, 5) is 17.4. The molecule has 0 radical (unpaired) electrons. The van der Waals surface area contributed by atoms with Crippen LogP contribution in [0.4, 0.5) is 4.39 Å². The van der Waals surface area contributed by atoms with E-state index in [0.29, 0.717) is 24.3 Å². The van der Waals surface area contributed by atoms with Crippen LogP contribution in [0.3, 0.4) is 0 Å². The second kappa shape index (κ2) is 6.31. The standard InChI is InChI=1S/C23H23FN2O3/c1-4-28-22(27)17-12-19-20(25-13(2)26(19)3)21-16(17)8-10-23(29-21)9-7-14-11-15(24)5-6-18(14)23/h5-6,11-12H,4,7-10H2,1-3H3. The predicted molar refractivity (Wildman–Crippen MR) is 107 cm³/mol. The maximum Gasteiger partial charge on any atom is 0.338 e. The lowest BCUT2D eigenvalue weighted by molar-refractivity contribution is 0.0428. The third-order valence-corrected chi connectivity index (χ3v) is 6.39. The van der Waals surface area contributed by atoms with Crippen LogP contribution in [0.1, 0.15) is 52.6 Å². The number of carbonyl (C=O) groups excluding carboxylic acids is 1. The first-order valence-electron chi connectivity index (χ1n) is 10.1. The van der Waals surface area contributed by atoms with Crippen LogP contribution < -0.4 is 4.74 Å². The first-order chi connectivity index (χ1) is 13.9. The number of aromatic nitrogens is 2. The predicted octanol–water partition coefficient (Wildman–Crippen LogP) is 4.36. The zero-order valence-electron chi connectivity index (χ0n) is 16.8. The minimum absolute atomic E-state index is 0.218. The fourth-order valence-electron chi connectivity index (χ4n) is 4.82. The molecule has 0 bridgehead atoms. The summed E-state index contributed by atoms with van der Waals surface area (Å²) < 4.78 is 27.7. The van der Waals surface area contributed by atoms with E-state index in [4.69, 9.17) is 14.5 Å². The fraction of sp³-hybridized carbons (Fsp3) is 0.391. The number of nitrogens with zero attached hydrogens (tertiary/aromatic N) is 2. The molecular weight excluding hydrogens is 371 g/mol. The van der Waals surface area contributed by atoms with Crippen LogP contribution in [0.5, 0.6) is 5.75 Å². The molecule has 29 heavy (non-hydrogen) atoms. The number of rotatable bonds is 2. The van der Waals surface area contributed by atoms with Crippen molar-refractivity contribution in [2.24, 2.45) is 7.05 Å². The first-order valence-corrected chi connectivity index (χ1v) is 10.1. The van der Waals surface area contributed by atoms with Gasteiger partial charge in [0, 0.05) is 12.6 Å². The number of ether oxygens (including phenoxy) is 2. The van der Waals surface area contributed by atoms with Gasteiger partial charge in [0.2, 0.25) is 0 Å². The Bertz CT molecular complexity index is 1170. The molecule has 1 aliphatic heterocycles. The Balaban J connectivity index is 1.70. The number of hydrogen-bond donors (Lipinski definition) is 0. The summed E-state index contributed by atoms with van der Waals surface area (Å²) in [5.41, 5.74) is 4.57. The number of carbonyl (C=O) groups is 1. The smallest absolute Gasteiger partial charge is 0.338 e. The van der Waals surface area contributed by atoms with Crippen LogP contribution in [-0.4, -0.2) is 22.1 Å². The molecule has 2 heterocycles. The Morgan fingerprint density at radius 3 is 2.90 bits per heavy atom. The van der Waals surface area contributed by atoms with Gasteiger partial charge in [-0.05, 0) is 68.9 Å². The quantitative estimate of drug-likeness (QED) is 0.606. The SMILES string of the molecule is CCOC(=O)c1cc2c(nc(C)n2C)c2c1CCC1(CCc3cc(F)ccc31)O2. The van der Waals surface area contributed by atoms with Crippen molar-refractivity contribution in [2.75, 3.05) is 6.61 Å². The van der Waals surface area contributed by atoms with Crippen molar-refractivity contribution in [3.05, 3.63) is 58.2 Å². The lowest BCUT2D eigenvalue weighted by Crippen LogP contribution is -2.35. The summed E-state index contributed by atoms with van der Waals surface area (Å²) in [6, 6.07) is 6.82. The third-order valence-electron chi connectivity index (χ3n) is 6.39. The molecule has 2 aliphatic rings. The number of imidazole rings is 1. The molecule has 150 valence electrons. The van der Waals surface area contributed by atoms with E-state index in [1.807, 2.05) is 30.7 Å². The van der Waals surface area contributed by atoms with E-state index in [1.54, 1.807) is 13.0 Å². The summed E-state index contributed by atoms with van der Waals surface area (Å²) >= 11 is 0. The zero-order valence-corrected chi connectivity index (χ0v) is 16.8. The number of halogens is 1. The van der Waals surface area contributed by atoms with E-state index >= 15 is 0 Å². The Morgan fingerprint density at radius 2 is 2.10 bits per heavy atom. The van der Waals surface area contributed by atoms with E-state index in [9.17, 15) is 9.18 Å². The summed E-state index contributed by atoms with van der Waals surface area (Å²) in [7, 11) is 1.93. The van der Waals surface area contributed by atoms with Crippen LogP contribution in [-0.2, 0) is 30.2 Å². The van der Waals surface area contributed by atoms with Gasteiger partial charge in [-0.2, -0.15) is 0 Å². The zero-order chi connectivity index (χ0) is 20.3. The number of benzene rings is 2. The second-order valence-electron chi connectivity index (χ2n) is 7.94. The van der Waals surface area contributed by atoms with Crippen molar-refractivity contribution < 1.29 is 18.7 Å². The topological polar surface area (TPSA) is 53.3 Å². The van der Waals surface area contributed by atoms with Gasteiger partial charge in [-0.3, -0.25) is 0 Å². The second-order valence-corrected chi connectivity index (χ2v) is 7.94. The molecule has 3 aromatic rings. The van der Waals surface area contributed by atoms with Crippen molar-refractivity contribution in [3.8, 4) is 5.75 Å². The minimum Gasteiger partial charge on any atom is -0.480 e. The van der Waals surface area contributed by atoms with Gasteiger partial charge in [0.25, 0.3) is 0 Å². The summed E-state index contributed by atoms with van der Waals surface area (Å²) in [6.07, 6.45) is 3.00. The first kappa shape index (κ1) is 18.2. The Morgan fingerprint density at radius 1 is 1.31 bits per heavy atom. The monoisotopic (exact) mass is 394 g/mol. The molecule has 0 amide bonds. The van der Waals surface area contributed by atoms with Gasteiger partial charge in [0.05, 0.1) is 17.7 Å². The lowest BCUT2D eigenvalue weighted by atomic mass is 9.84. The van der Waals surface area contributed by atoms with Crippen molar-refractivity contribution in [3.63, 3.8) is 0 Å². The van der Waals surface area contributed by atoms with E-state index < -0.39 is 5.60 Å². The van der Waals surface area contributed by atoms with Gasteiger partial charge in [-0.25, -0.2) is 14.2 Å². The molecule has 6 heteroatoms. The fourth-order valence-corrected chi connectivity index (χ4v) is 4.82. The van der Waals surface area contributed by atoms with Crippen LogP contribution in [0, 0.1) is 12.7 Å². The van der Waals surface area contributed by atoms with Crippen molar-refractivity contribution in [1.82, 2.24) is 9.55 Å². The highest BCUT2D eigenvalue weighted by Gasteiger charge is 2.45. The average molecular weight is 394 g/mol. The minimum atomic E-state index is -0.498. The molecule has 0 saturated carbocycles. The molecule has 1 spiro atoms. The van der Waals surface area contributed by atoms with Crippen LogP contribution in [0.2, 0.25) is 0 Å². The van der Waals surface area contributed by atoms with E-state index in [0.717, 1.165) is 52.8 Å². The van der Waals surface area contributed by atoms with Crippen molar-refractivity contribution >= 4 is 17.0 Å². The summed E-state index contributed by atoms with van der Waals surface area (Å²) in [5, 5.41) is 0. The number of esters is 1. The summed E-state index contributed by atoms with van der Waals surface area (Å²) in [5.74, 6) is 0.959. The van der Waals surface area contributed by atoms with Gasteiger partial charge < -0.3 is 14.0 Å². The molecule has 0 fully saturated rings. The molecular formula is C23H23FN2O3. The third kappa shape index (κ3) is 2.58. The maximum atomic E-state index is 13.7. The molecule has 5 nitrogen and oxygen atoms in total. The Kier molecular flexibility index (Phi) is 3.95. The van der Waals surface area contributed by atoms with Crippen LogP contribution in [0.25, 0.3) is 11.0 Å². The Labute approximate surface area is 168 Å². The number of hydrogen-bond acceptors (Lipinski definition) is 4. The molecule has 0 saturated heterocycles. The molecule has 1 atom stereocenters. The molecule has 1 aromatic heterocycles. The normalized spacial score (nSPS) is 19.9. The molecule has 0 N–H and O–H groups in total. The van der Waals surface area contributed by atoms with E-state index in [1.165, 1.54) is 6.07 Å². The largest absolute Gasteiger partial charge is 0.480 e. The van der Waals surface area contributed by atoms with E-state index in [2.05, 4.69) is 0 Å². The number of aryl methyl sites for hydroxylation is 3. The summed E-state index contributed by atoms with van der Waals surface area (Å²) in [6.45, 7) is 4.06. The highest BCUT2D eigenvalue weighted by molar-refractivity contribution is 5.99. The molecule has 1 aliphatic carbocycles. The average Bonchev–Trinajstić information content (AvgIpc) is 3.19. The highest BCUT2D eigenvalue weighted by atomic mass is 19.1. The van der Waals surface area contributed by atoms with Crippen molar-refractivity contribution in [1.29, 1.82) is 0 Å². The lowest BCUT2D eigenvalue weighted by Gasteiger charge is -2.37. The van der Waals surface area contributed by atoms with Crippen LogP contribution in [0.15, 0.2) is 24.3 Å². The molecule has 1 unspecified atom stereocenters. The van der Waals surface area contributed by atoms with Gasteiger partial charge in [0.1, 0.15) is 22.8 Å². The van der Waals surface area contributed by atoms with Crippen LogP contribution >= 0.6 is 0 Å².